The zero-order chi connectivity index (χ0) is 22.0. The summed E-state index contributed by atoms with van der Waals surface area (Å²) in [6.45, 7) is 0. The molecule has 0 spiro atoms. The summed E-state index contributed by atoms with van der Waals surface area (Å²) in [7, 11) is 0. The van der Waals surface area contributed by atoms with E-state index < -0.39 is 17.2 Å². The Bertz CT molecular complexity index is 1310. The van der Waals surface area contributed by atoms with Gasteiger partial charge in [-0.05, 0) is 60.7 Å². The number of ether oxygens (including phenoxy) is 2. The summed E-state index contributed by atoms with van der Waals surface area (Å²) >= 11 is 11.9. The number of hydrogen-bond acceptors (Lipinski definition) is 4. The number of nitrogens with zero attached hydrogens (tertiary/aromatic N) is 2. The first kappa shape index (κ1) is 20.8. The minimum absolute atomic E-state index is 0.0174. The van der Waals surface area contributed by atoms with Crippen LogP contribution in [0.1, 0.15) is 0 Å². The number of pyridine rings is 2. The number of benzene rings is 2. The first-order chi connectivity index (χ1) is 14.9. The summed E-state index contributed by atoms with van der Waals surface area (Å²) in [5.74, 6) is 0.0443. The molecule has 0 aliphatic rings. The van der Waals surface area contributed by atoms with Crippen molar-refractivity contribution in [3.05, 3.63) is 105 Å². The van der Waals surface area contributed by atoms with E-state index in [1.807, 2.05) is 0 Å². The van der Waals surface area contributed by atoms with Gasteiger partial charge in [-0.3, -0.25) is 9.36 Å². The molecule has 31 heavy (non-hydrogen) atoms. The highest BCUT2D eigenvalue weighted by Gasteiger charge is 2.11. The molecule has 156 valence electrons. The smallest absolute Gasteiger partial charge is 0.299 e. The first-order valence-electron chi connectivity index (χ1n) is 8.84. The molecule has 0 unspecified atom stereocenters. The normalized spacial score (nSPS) is 10.7. The topological polar surface area (TPSA) is 53.4 Å². The average molecular weight is 461 g/mol. The molecule has 0 fully saturated rings. The van der Waals surface area contributed by atoms with E-state index in [9.17, 15) is 13.6 Å². The van der Waals surface area contributed by atoms with Crippen molar-refractivity contribution in [1.29, 1.82) is 0 Å². The molecule has 0 radical (unpaired) electrons. The Labute approximate surface area is 185 Å². The molecule has 0 saturated carbocycles. The molecule has 9 heteroatoms. The summed E-state index contributed by atoms with van der Waals surface area (Å²) in [5, 5.41) is 0.151. The SMILES string of the molecule is O=c1c(Oc2ccc(F)cc2Cl)cccn1-c1ccc(Oc2ccc(F)cc2Cl)cn1. The Morgan fingerprint density at radius 1 is 0.806 bits per heavy atom. The maximum absolute atomic E-state index is 13.2. The van der Waals surface area contributed by atoms with Gasteiger partial charge in [0.2, 0.25) is 0 Å². The highest BCUT2D eigenvalue weighted by Crippen LogP contribution is 2.30. The van der Waals surface area contributed by atoms with Crippen LogP contribution in [0.15, 0.2) is 77.9 Å². The van der Waals surface area contributed by atoms with Crippen LogP contribution in [0.25, 0.3) is 5.82 Å². The zero-order valence-corrected chi connectivity index (χ0v) is 17.1. The van der Waals surface area contributed by atoms with Gasteiger partial charge in [0.15, 0.2) is 5.75 Å². The maximum atomic E-state index is 13.2. The molecule has 0 aliphatic carbocycles. The highest BCUT2D eigenvalue weighted by molar-refractivity contribution is 6.32. The van der Waals surface area contributed by atoms with E-state index in [0.29, 0.717) is 11.6 Å². The van der Waals surface area contributed by atoms with Gasteiger partial charge in [0.25, 0.3) is 5.56 Å². The zero-order valence-electron chi connectivity index (χ0n) is 15.6. The molecule has 2 aromatic heterocycles. The molecule has 5 nitrogen and oxygen atoms in total. The number of rotatable bonds is 5. The first-order valence-corrected chi connectivity index (χ1v) is 9.60. The van der Waals surface area contributed by atoms with Crippen LogP contribution in [0.2, 0.25) is 10.0 Å². The molecule has 0 N–H and O–H groups in total. The summed E-state index contributed by atoms with van der Waals surface area (Å²) in [6.07, 6.45) is 2.91. The fourth-order valence-electron chi connectivity index (χ4n) is 2.67. The van der Waals surface area contributed by atoms with Gasteiger partial charge in [-0.1, -0.05) is 23.2 Å². The second-order valence-corrected chi connectivity index (χ2v) is 7.07. The fourth-order valence-corrected chi connectivity index (χ4v) is 3.08. The van der Waals surface area contributed by atoms with Gasteiger partial charge in [0.1, 0.15) is 34.7 Å². The maximum Gasteiger partial charge on any atom is 0.299 e. The molecule has 2 heterocycles. The Balaban J connectivity index is 1.58. The fraction of sp³-hybridized carbons (Fsp3) is 0. The Hall–Kier alpha value is -3.42. The summed E-state index contributed by atoms with van der Waals surface area (Å²) < 4.78 is 38.8. The van der Waals surface area contributed by atoms with E-state index in [2.05, 4.69) is 4.98 Å². The third-order valence-corrected chi connectivity index (χ3v) is 4.71. The highest BCUT2D eigenvalue weighted by atomic mass is 35.5. The minimum atomic E-state index is -0.517. The van der Waals surface area contributed by atoms with Crippen molar-refractivity contribution >= 4 is 23.2 Å². The summed E-state index contributed by atoms with van der Waals surface area (Å²) in [5.41, 5.74) is -0.495. The second-order valence-electron chi connectivity index (χ2n) is 6.25. The van der Waals surface area contributed by atoms with Gasteiger partial charge < -0.3 is 9.47 Å². The second kappa shape index (κ2) is 8.75. The van der Waals surface area contributed by atoms with Crippen LogP contribution >= 0.6 is 23.2 Å². The van der Waals surface area contributed by atoms with E-state index in [4.69, 9.17) is 32.7 Å². The standard InChI is InChI=1S/C22H12Cl2F2N2O3/c23-16-10-13(25)3-6-18(16)30-15-5-8-21(27-12-15)28-9-1-2-20(22(28)29)31-19-7-4-14(26)11-17(19)24/h1-12H. The molecule has 0 atom stereocenters. The lowest BCUT2D eigenvalue weighted by Crippen LogP contribution is -2.19. The molecule has 2 aromatic carbocycles. The molecule has 0 amide bonds. The van der Waals surface area contributed by atoms with Gasteiger partial charge in [-0.25, -0.2) is 13.8 Å². The van der Waals surface area contributed by atoms with Crippen LogP contribution in [-0.2, 0) is 0 Å². The van der Waals surface area contributed by atoms with Crippen LogP contribution in [0, 0.1) is 11.6 Å². The molecule has 4 aromatic rings. The van der Waals surface area contributed by atoms with Crippen LogP contribution < -0.4 is 15.0 Å². The number of halogens is 4. The van der Waals surface area contributed by atoms with Crippen LogP contribution in [0.4, 0.5) is 8.78 Å². The molecule has 0 saturated heterocycles. The predicted molar refractivity (Wildman–Crippen MR) is 113 cm³/mol. The quantitative estimate of drug-likeness (QED) is 0.345. The van der Waals surface area contributed by atoms with Gasteiger partial charge in [-0.2, -0.15) is 0 Å². The van der Waals surface area contributed by atoms with E-state index in [1.54, 1.807) is 18.2 Å². The van der Waals surface area contributed by atoms with Crippen LogP contribution in [-0.4, -0.2) is 9.55 Å². The van der Waals surface area contributed by atoms with Crippen molar-refractivity contribution in [3.8, 4) is 28.8 Å². The van der Waals surface area contributed by atoms with Crippen molar-refractivity contribution in [3.63, 3.8) is 0 Å². The largest absolute Gasteiger partial charge is 0.454 e. The average Bonchev–Trinajstić information content (AvgIpc) is 2.74. The lowest BCUT2D eigenvalue weighted by molar-refractivity contribution is 0.469. The van der Waals surface area contributed by atoms with Crippen molar-refractivity contribution in [2.45, 2.75) is 0 Å². The van der Waals surface area contributed by atoms with Gasteiger partial charge >= 0.3 is 0 Å². The van der Waals surface area contributed by atoms with Crippen LogP contribution in [0.3, 0.4) is 0 Å². The van der Waals surface area contributed by atoms with Crippen molar-refractivity contribution < 1.29 is 18.3 Å². The molecule has 0 aliphatic heterocycles. The molecular weight excluding hydrogens is 449 g/mol. The third-order valence-electron chi connectivity index (χ3n) is 4.12. The van der Waals surface area contributed by atoms with Gasteiger partial charge in [0.05, 0.1) is 16.2 Å². The minimum Gasteiger partial charge on any atom is -0.454 e. The molecular formula is C22H12Cl2F2N2O3. The van der Waals surface area contributed by atoms with E-state index in [1.165, 1.54) is 47.3 Å². The van der Waals surface area contributed by atoms with Crippen molar-refractivity contribution in [1.82, 2.24) is 9.55 Å². The summed E-state index contributed by atoms with van der Waals surface area (Å²) in [6, 6.07) is 13.6. The van der Waals surface area contributed by atoms with Crippen molar-refractivity contribution in [2.75, 3.05) is 0 Å². The number of aromatic nitrogens is 2. The van der Waals surface area contributed by atoms with E-state index >= 15 is 0 Å². The monoisotopic (exact) mass is 460 g/mol. The van der Waals surface area contributed by atoms with Gasteiger partial charge in [-0.15, -0.1) is 0 Å². The van der Waals surface area contributed by atoms with E-state index in [-0.39, 0.29) is 27.3 Å². The number of hydrogen-bond donors (Lipinski definition) is 0. The third kappa shape index (κ3) is 4.68. The lowest BCUT2D eigenvalue weighted by Gasteiger charge is -2.11. The lowest BCUT2D eigenvalue weighted by atomic mass is 10.3. The Kier molecular flexibility index (Phi) is 5.88. The van der Waals surface area contributed by atoms with Crippen LogP contribution in [0.5, 0.6) is 23.0 Å². The molecule has 4 rings (SSSR count). The summed E-state index contributed by atoms with van der Waals surface area (Å²) in [4.78, 5) is 17.0. The van der Waals surface area contributed by atoms with E-state index in [0.717, 1.165) is 12.1 Å². The Morgan fingerprint density at radius 3 is 2.03 bits per heavy atom. The van der Waals surface area contributed by atoms with Crippen molar-refractivity contribution in [2.24, 2.45) is 0 Å². The van der Waals surface area contributed by atoms with Gasteiger partial charge in [0, 0.05) is 6.20 Å². The predicted octanol–water partition coefficient (Wildman–Crippen LogP) is 6.40. The molecule has 0 bridgehead atoms. The Morgan fingerprint density at radius 2 is 1.45 bits per heavy atom.